The second-order valence-electron chi connectivity index (χ2n) is 3.68. The van der Waals surface area contributed by atoms with Gasteiger partial charge in [0.25, 0.3) is 5.95 Å². The highest BCUT2D eigenvalue weighted by atomic mass is 16.5. The van der Waals surface area contributed by atoms with Gasteiger partial charge in [0.1, 0.15) is 5.56 Å². The van der Waals surface area contributed by atoms with Crippen molar-refractivity contribution >= 4 is 18.1 Å². The summed E-state index contributed by atoms with van der Waals surface area (Å²) in [5, 5.41) is 26.0. The lowest BCUT2D eigenvalue weighted by molar-refractivity contribution is 0.0692. The van der Waals surface area contributed by atoms with Gasteiger partial charge in [-0.1, -0.05) is 5.10 Å². The van der Waals surface area contributed by atoms with Crippen LogP contribution in [0.2, 0.25) is 0 Å². The van der Waals surface area contributed by atoms with Gasteiger partial charge in [-0.25, -0.2) is 10.2 Å². The van der Waals surface area contributed by atoms with Crippen LogP contribution in [0.25, 0.3) is 0 Å². The van der Waals surface area contributed by atoms with E-state index in [0.717, 1.165) is 0 Å². The maximum atomic E-state index is 11.4. The van der Waals surface area contributed by atoms with Crippen LogP contribution in [0.1, 0.15) is 15.9 Å². The molecule has 2 aromatic rings. The summed E-state index contributed by atoms with van der Waals surface area (Å²) in [6, 6.07) is 3.13. The SMILES string of the molecule is COc1ccc(/C=N/Nc2nn[nH]n2)c(C(=O)O)c1OC. The quantitative estimate of drug-likeness (QED) is 0.513. The number of nitrogens with one attached hydrogen (secondary N) is 2. The van der Waals surface area contributed by atoms with Crippen LogP contribution in [0.15, 0.2) is 17.2 Å². The summed E-state index contributed by atoms with van der Waals surface area (Å²) >= 11 is 0. The number of carboxylic acid groups (broad SMARTS) is 1. The average Bonchev–Trinajstić information content (AvgIpc) is 2.99. The average molecular weight is 292 g/mol. The highest BCUT2D eigenvalue weighted by Crippen LogP contribution is 2.32. The predicted octanol–water partition coefficient (Wildman–Crippen LogP) is 0.361. The van der Waals surface area contributed by atoms with Crippen molar-refractivity contribution in [3.05, 3.63) is 23.3 Å². The van der Waals surface area contributed by atoms with Crippen molar-refractivity contribution in [1.29, 1.82) is 0 Å². The number of ether oxygens (including phenoxy) is 2. The number of carbonyl (C=O) groups is 1. The Labute approximate surface area is 118 Å². The molecular formula is C11H12N6O4. The highest BCUT2D eigenvalue weighted by molar-refractivity contribution is 6.01. The summed E-state index contributed by atoms with van der Waals surface area (Å²) in [4.78, 5) is 11.4. The van der Waals surface area contributed by atoms with E-state index in [9.17, 15) is 9.90 Å². The van der Waals surface area contributed by atoms with Crippen LogP contribution in [0.4, 0.5) is 5.95 Å². The number of H-pyrrole nitrogens is 1. The number of benzene rings is 1. The second kappa shape index (κ2) is 6.32. The first-order valence-corrected chi connectivity index (χ1v) is 5.68. The fraction of sp³-hybridized carbons (Fsp3) is 0.182. The Morgan fingerprint density at radius 2 is 2.24 bits per heavy atom. The molecule has 0 fully saturated rings. The molecule has 10 heteroatoms. The monoisotopic (exact) mass is 292 g/mol. The predicted molar refractivity (Wildman–Crippen MR) is 71.9 cm³/mol. The molecular weight excluding hydrogens is 280 g/mol. The Kier molecular flexibility index (Phi) is 4.29. The first-order chi connectivity index (χ1) is 10.2. The Bertz CT molecular complexity index is 655. The molecule has 2 rings (SSSR count). The molecule has 0 unspecified atom stereocenters. The number of rotatable bonds is 6. The van der Waals surface area contributed by atoms with Crippen molar-refractivity contribution in [2.45, 2.75) is 0 Å². The van der Waals surface area contributed by atoms with Gasteiger partial charge in [0.2, 0.25) is 0 Å². The number of aromatic carboxylic acids is 1. The van der Waals surface area contributed by atoms with Crippen LogP contribution in [0, 0.1) is 0 Å². The maximum Gasteiger partial charge on any atom is 0.340 e. The Hall–Kier alpha value is -3.17. The number of carboxylic acids is 1. The second-order valence-corrected chi connectivity index (χ2v) is 3.68. The van der Waals surface area contributed by atoms with Gasteiger partial charge in [-0.3, -0.25) is 0 Å². The van der Waals surface area contributed by atoms with Crippen molar-refractivity contribution < 1.29 is 19.4 Å². The number of aromatic nitrogens is 4. The number of nitrogens with zero attached hydrogens (tertiary/aromatic N) is 4. The van der Waals surface area contributed by atoms with Gasteiger partial charge in [-0.05, 0) is 17.3 Å². The molecule has 0 aliphatic rings. The number of methoxy groups -OCH3 is 2. The number of hydrogen-bond donors (Lipinski definition) is 3. The van der Waals surface area contributed by atoms with Crippen LogP contribution in [-0.2, 0) is 0 Å². The number of hydrazone groups is 1. The zero-order valence-corrected chi connectivity index (χ0v) is 11.2. The summed E-state index contributed by atoms with van der Waals surface area (Å²) in [5.74, 6) is -0.568. The molecule has 0 atom stereocenters. The third kappa shape index (κ3) is 3.05. The number of hydrogen-bond acceptors (Lipinski definition) is 8. The fourth-order valence-electron chi connectivity index (χ4n) is 1.64. The normalized spacial score (nSPS) is 10.6. The van der Waals surface area contributed by atoms with Crippen molar-refractivity contribution in [1.82, 2.24) is 20.6 Å². The Balaban J connectivity index is 2.34. The zero-order valence-electron chi connectivity index (χ0n) is 11.2. The first-order valence-electron chi connectivity index (χ1n) is 5.68. The maximum absolute atomic E-state index is 11.4. The van der Waals surface area contributed by atoms with Crippen molar-refractivity contribution in [2.24, 2.45) is 5.10 Å². The van der Waals surface area contributed by atoms with Crippen molar-refractivity contribution in [2.75, 3.05) is 19.6 Å². The molecule has 0 bridgehead atoms. The third-order valence-electron chi connectivity index (χ3n) is 2.51. The van der Waals surface area contributed by atoms with Gasteiger partial charge in [0, 0.05) is 5.56 Å². The molecule has 1 aromatic heterocycles. The van der Waals surface area contributed by atoms with E-state index in [4.69, 9.17) is 9.47 Å². The van der Waals surface area contributed by atoms with Crippen molar-refractivity contribution in [3.8, 4) is 11.5 Å². The Morgan fingerprint density at radius 1 is 1.43 bits per heavy atom. The lowest BCUT2D eigenvalue weighted by Gasteiger charge is -2.12. The van der Waals surface area contributed by atoms with Gasteiger partial charge in [-0.2, -0.15) is 10.3 Å². The van der Waals surface area contributed by atoms with E-state index in [0.29, 0.717) is 11.3 Å². The van der Waals surface area contributed by atoms with Gasteiger partial charge in [-0.15, -0.1) is 5.10 Å². The molecule has 1 aromatic carbocycles. The molecule has 21 heavy (non-hydrogen) atoms. The first kappa shape index (κ1) is 14.2. The summed E-state index contributed by atoms with van der Waals surface area (Å²) in [6.45, 7) is 0. The van der Waals surface area contributed by atoms with E-state index in [1.807, 2.05) is 0 Å². The standard InChI is InChI=1S/C11H12N6O4/c1-20-7-4-3-6(8(10(18)19)9(7)21-2)5-12-13-11-14-16-17-15-11/h3-5H,1-2H3,(H,18,19)(H2,13,14,15,16,17)/b12-5+. The smallest absolute Gasteiger partial charge is 0.340 e. The van der Waals surface area contributed by atoms with Gasteiger partial charge < -0.3 is 14.6 Å². The third-order valence-corrected chi connectivity index (χ3v) is 2.51. The minimum Gasteiger partial charge on any atom is -0.493 e. The fourth-order valence-corrected chi connectivity index (χ4v) is 1.64. The summed E-state index contributed by atoms with van der Waals surface area (Å²) < 4.78 is 10.2. The van der Waals surface area contributed by atoms with Crippen LogP contribution in [-0.4, -0.2) is 52.1 Å². The van der Waals surface area contributed by atoms with Crippen LogP contribution in [0.5, 0.6) is 11.5 Å². The molecule has 0 saturated heterocycles. The highest BCUT2D eigenvalue weighted by Gasteiger charge is 2.19. The summed E-state index contributed by atoms with van der Waals surface area (Å²) in [7, 11) is 2.79. The van der Waals surface area contributed by atoms with Gasteiger partial charge >= 0.3 is 5.97 Å². The van der Waals surface area contributed by atoms with E-state index in [-0.39, 0.29) is 17.3 Å². The number of tetrazole rings is 1. The lowest BCUT2D eigenvalue weighted by atomic mass is 10.1. The van der Waals surface area contributed by atoms with Gasteiger partial charge in [0.15, 0.2) is 11.5 Å². The molecule has 0 saturated carbocycles. The molecule has 3 N–H and O–H groups in total. The van der Waals surface area contributed by atoms with Crippen molar-refractivity contribution in [3.63, 3.8) is 0 Å². The summed E-state index contributed by atoms with van der Waals surface area (Å²) in [5.41, 5.74) is 2.76. The minimum absolute atomic E-state index is 0.0597. The minimum atomic E-state index is -1.16. The Morgan fingerprint density at radius 3 is 2.81 bits per heavy atom. The molecule has 0 amide bonds. The molecule has 0 spiro atoms. The molecule has 110 valence electrons. The lowest BCUT2D eigenvalue weighted by Crippen LogP contribution is -2.07. The number of aromatic amines is 1. The van der Waals surface area contributed by atoms with Gasteiger partial charge in [0.05, 0.1) is 20.4 Å². The molecule has 0 aliphatic heterocycles. The van der Waals surface area contributed by atoms with E-state index < -0.39 is 5.97 Å². The molecule has 0 radical (unpaired) electrons. The molecule has 0 aliphatic carbocycles. The van der Waals surface area contributed by atoms with E-state index in [1.165, 1.54) is 20.4 Å². The van der Waals surface area contributed by atoms with Crippen LogP contribution < -0.4 is 14.9 Å². The van der Waals surface area contributed by atoms with E-state index >= 15 is 0 Å². The zero-order chi connectivity index (χ0) is 15.2. The molecule has 10 nitrogen and oxygen atoms in total. The van der Waals surface area contributed by atoms with E-state index in [2.05, 4.69) is 31.2 Å². The number of anilines is 1. The van der Waals surface area contributed by atoms with Crippen LogP contribution >= 0.6 is 0 Å². The van der Waals surface area contributed by atoms with E-state index in [1.54, 1.807) is 12.1 Å². The van der Waals surface area contributed by atoms with Crippen LogP contribution in [0.3, 0.4) is 0 Å². The largest absolute Gasteiger partial charge is 0.493 e. The molecule has 1 heterocycles. The summed E-state index contributed by atoms with van der Waals surface area (Å²) in [6.07, 6.45) is 1.31. The topological polar surface area (TPSA) is 135 Å².